The molecule has 8 rings (SSSR count). The molecule has 208 valence electrons. The molecule has 44 heavy (non-hydrogen) atoms. The molecule has 0 N–H and O–H groups in total. The summed E-state index contributed by atoms with van der Waals surface area (Å²) in [7, 11) is 0. The molecule has 2 heteroatoms. The highest BCUT2D eigenvalue weighted by molar-refractivity contribution is 6.12. The van der Waals surface area contributed by atoms with Crippen LogP contribution in [0.1, 0.15) is 11.0 Å². The number of benzene rings is 7. The number of nitrogens with zero attached hydrogens (tertiary/aromatic N) is 1. The van der Waals surface area contributed by atoms with Crippen LogP contribution in [0.2, 0.25) is 0 Å². The van der Waals surface area contributed by atoms with Crippen LogP contribution in [0.3, 0.4) is 0 Å². The van der Waals surface area contributed by atoms with E-state index in [1.54, 1.807) is 78.9 Å². The van der Waals surface area contributed by atoms with E-state index in [0.29, 0.717) is 22.4 Å². The number of para-hydroxylation sites is 1. The molecule has 0 radical (unpaired) electrons. The maximum absolute atomic E-state index is 9.31. The van der Waals surface area contributed by atoms with Gasteiger partial charge in [-0.2, -0.15) is 0 Å². The SMILES string of the molecule is [2H]c1c([2H])c(N(c2cccc(-c3cccc4oc5ccccc5c34)c2)c2c([2H])c([2H])c(-c3ccccc3)c([2H])c2[2H])c([2H])c([2H])c1-c1ccccc1. The topological polar surface area (TPSA) is 16.4 Å². The van der Waals surface area contributed by atoms with Crippen LogP contribution in [-0.2, 0) is 0 Å². The van der Waals surface area contributed by atoms with Crippen molar-refractivity contribution in [2.24, 2.45) is 0 Å². The summed E-state index contributed by atoms with van der Waals surface area (Å²) < 4.78 is 79.8. The van der Waals surface area contributed by atoms with Crippen molar-refractivity contribution in [1.29, 1.82) is 0 Å². The zero-order valence-corrected chi connectivity index (χ0v) is 23.5. The molecular formula is C42H29NO. The van der Waals surface area contributed by atoms with Gasteiger partial charge < -0.3 is 9.32 Å². The zero-order valence-electron chi connectivity index (χ0n) is 31.5. The first-order chi connectivity index (χ1) is 25.2. The summed E-state index contributed by atoms with van der Waals surface area (Å²) in [5, 5.41) is 1.80. The van der Waals surface area contributed by atoms with Gasteiger partial charge in [0.05, 0.1) is 11.0 Å². The zero-order chi connectivity index (χ0) is 36.3. The highest BCUT2D eigenvalue weighted by Crippen LogP contribution is 2.41. The van der Waals surface area contributed by atoms with Gasteiger partial charge in [0.15, 0.2) is 0 Å². The predicted octanol–water partition coefficient (Wildman–Crippen LogP) is 12.1. The summed E-state index contributed by atoms with van der Waals surface area (Å²) in [4.78, 5) is 1.34. The van der Waals surface area contributed by atoms with Crippen molar-refractivity contribution in [1.82, 2.24) is 0 Å². The quantitative estimate of drug-likeness (QED) is 0.197. The van der Waals surface area contributed by atoms with E-state index < -0.39 is 24.2 Å². The van der Waals surface area contributed by atoms with Crippen LogP contribution in [0.15, 0.2) is 180 Å². The summed E-state index contributed by atoms with van der Waals surface area (Å²) in [6, 6.07) is 35.4. The lowest BCUT2D eigenvalue weighted by Gasteiger charge is -2.26. The molecule has 0 spiro atoms. The van der Waals surface area contributed by atoms with Crippen molar-refractivity contribution >= 4 is 39.0 Å². The standard InChI is InChI=1S/C42H29NO/c1-3-11-30(12-4-1)32-21-25-35(26-22-32)43(36-27-23-33(24-28-36)31-13-5-2-6-14-31)37-16-9-15-34(29-37)38-18-10-20-41-42(38)39-17-7-8-19-40(39)44-41/h1-29H/i21D,22D,23D,24D,25D,26D,27D,28D. The fourth-order valence-corrected chi connectivity index (χ4v) is 5.53. The van der Waals surface area contributed by atoms with Crippen LogP contribution in [0.4, 0.5) is 17.1 Å². The molecule has 0 aliphatic heterocycles. The highest BCUT2D eigenvalue weighted by Gasteiger charge is 2.16. The Kier molecular flexibility index (Phi) is 4.70. The Hall–Kier alpha value is -5.86. The molecule has 1 heterocycles. The van der Waals surface area contributed by atoms with Crippen LogP contribution in [0, 0.1) is 0 Å². The second kappa shape index (κ2) is 11.1. The lowest BCUT2D eigenvalue weighted by Crippen LogP contribution is -2.10. The molecule has 0 saturated heterocycles. The van der Waals surface area contributed by atoms with E-state index in [-0.39, 0.29) is 46.7 Å². The minimum Gasteiger partial charge on any atom is -0.456 e. The van der Waals surface area contributed by atoms with Gasteiger partial charge >= 0.3 is 0 Å². The summed E-state index contributed by atoms with van der Waals surface area (Å²) in [5.74, 6) is 0. The van der Waals surface area contributed by atoms with E-state index >= 15 is 0 Å². The molecule has 7 aromatic carbocycles. The van der Waals surface area contributed by atoms with Gasteiger partial charge in [-0.1, -0.05) is 127 Å². The lowest BCUT2D eigenvalue weighted by atomic mass is 9.98. The molecule has 2 nitrogen and oxygen atoms in total. The average molecular weight is 572 g/mol. The van der Waals surface area contributed by atoms with Gasteiger partial charge in [-0.05, 0) is 81.8 Å². The van der Waals surface area contributed by atoms with Crippen LogP contribution < -0.4 is 4.90 Å². The van der Waals surface area contributed by atoms with Gasteiger partial charge in [0.2, 0.25) is 0 Å². The number of hydrogen-bond acceptors (Lipinski definition) is 2. The van der Waals surface area contributed by atoms with Crippen molar-refractivity contribution in [3.8, 4) is 33.4 Å². The van der Waals surface area contributed by atoms with Crippen LogP contribution in [0.25, 0.3) is 55.3 Å². The number of anilines is 3. The second-order valence-corrected chi connectivity index (χ2v) is 10.3. The van der Waals surface area contributed by atoms with Crippen molar-refractivity contribution in [2.45, 2.75) is 0 Å². The van der Waals surface area contributed by atoms with E-state index in [9.17, 15) is 5.48 Å². The van der Waals surface area contributed by atoms with Gasteiger partial charge in [0.25, 0.3) is 0 Å². The molecule has 8 aromatic rings. The largest absolute Gasteiger partial charge is 0.456 e. The third-order valence-electron chi connectivity index (χ3n) is 7.61. The van der Waals surface area contributed by atoms with Crippen LogP contribution in [-0.4, -0.2) is 0 Å². The molecule has 0 unspecified atom stereocenters. The summed E-state index contributed by atoms with van der Waals surface area (Å²) >= 11 is 0. The van der Waals surface area contributed by atoms with Crippen molar-refractivity contribution in [3.63, 3.8) is 0 Å². The molecule has 0 aliphatic carbocycles. The minimum absolute atomic E-state index is 0.116. The molecule has 0 amide bonds. The summed E-state index contributed by atoms with van der Waals surface area (Å²) in [6.45, 7) is 0. The first-order valence-corrected chi connectivity index (χ1v) is 14.3. The van der Waals surface area contributed by atoms with Gasteiger partial charge in [0, 0.05) is 27.8 Å². The van der Waals surface area contributed by atoms with E-state index in [1.165, 1.54) is 4.90 Å². The van der Waals surface area contributed by atoms with Crippen molar-refractivity contribution < 1.29 is 15.4 Å². The smallest absolute Gasteiger partial charge is 0.136 e. The van der Waals surface area contributed by atoms with Crippen LogP contribution in [0.5, 0.6) is 0 Å². The Morgan fingerprint density at radius 2 is 0.932 bits per heavy atom. The first kappa shape index (κ1) is 18.6. The second-order valence-electron chi connectivity index (χ2n) is 10.3. The third-order valence-corrected chi connectivity index (χ3v) is 7.61. The molecular weight excluding hydrogens is 534 g/mol. The number of hydrogen-bond donors (Lipinski definition) is 0. The average Bonchev–Trinajstić information content (AvgIpc) is 3.56. The van der Waals surface area contributed by atoms with Gasteiger partial charge in [-0.25, -0.2) is 0 Å². The monoisotopic (exact) mass is 571 g/mol. The summed E-state index contributed by atoms with van der Waals surface area (Å²) in [6.07, 6.45) is 0. The maximum Gasteiger partial charge on any atom is 0.136 e. The Labute approximate surface area is 268 Å². The van der Waals surface area contributed by atoms with Crippen LogP contribution >= 0.6 is 0 Å². The van der Waals surface area contributed by atoms with E-state index in [0.717, 1.165) is 27.5 Å². The third kappa shape index (κ3) is 4.73. The predicted molar refractivity (Wildman–Crippen MR) is 185 cm³/mol. The van der Waals surface area contributed by atoms with Gasteiger partial charge in [0.1, 0.15) is 11.2 Å². The molecule has 0 atom stereocenters. The molecule has 1 aromatic heterocycles. The highest BCUT2D eigenvalue weighted by atomic mass is 16.3. The van der Waals surface area contributed by atoms with Gasteiger partial charge in [-0.3, -0.25) is 0 Å². The minimum atomic E-state index is -0.391. The number of fused-ring (bicyclic) bond motifs is 3. The summed E-state index contributed by atoms with van der Waals surface area (Å²) in [5.41, 5.74) is 4.15. The van der Waals surface area contributed by atoms with Gasteiger partial charge in [-0.15, -0.1) is 0 Å². The Bertz CT molecular complexity index is 2510. The Balaban J connectivity index is 1.43. The fourth-order valence-electron chi connectivity index (χ4n) is 5.53. The lowest BCUT2D eigenvalue weighted by molar-refractivity contribution is 0.669. The number of rotatable bonds is 6. The number of furan rings is 1. The van der Waals surface area contributed by atoms with Crippen molar-refractivity contribution in [3.05, 3.63) is 176 Å². The van der Waals surface area contributed by atoms with E-state index in [2.05, 4.69) is 0 Å². The molecule has 0 bridgehead atoms. The Morgan fingerprint density at radius 3 is 1.57 bits per heavy atom. The first-order valence-electron chi connectivity index (χ1n) is 18.3. The van der Waals surface area contributed by atoms with Crippen molar-refractivity contribution in [2.75, 3.05) is 4.90 Å². The normalized spacial score (nSPS) is 13.7. The van der Waals surface area contributed by atoms with E-state index in [4.69, 9.17) is 9.90 Å². The molecule has 0 saturated carbocycles. The maximum atomic E-state index is 9.31. The fraction of sp³-hybridized carbons (Fsp3) is 0. The Morgan fingerprint density at radius 1 is 0.409 bits per heavy atom. The molecule has 0 fully saturated rings. The van der Waals surface area contributed by atoms with E-state index in [1.807, 2.05) is 48.5 Å². The molecule has 0 aliphatic rings.